The third kappa shape index (κ3) is 43.8. The fraction of sp³-hybridized carbons (Fsp3) is 0.545. The van der Waals surface area contributed by atoms with Crippen LogP contribution in [0.25, 0.3) is 0 Å². The standard InChI is InChI=1S/C8H14O2.C6H10O2.C4H6O2.C4H9/c1-4-5-6-10-8(9)7(2)3;1-4-6(7)8-5(2)3;1-3-4(5)6-2;1-4(2)3/h2,4-6H2,1,3H3;4-5H,1H2,2-3H3;3H,1H2,2H3;4H,1H2,2-3H3. The fourth-order valence-corrected chi connectivity index (χ4v) is 0.796. The summed E-state index contributed by atoms with van der Waals surface area (Å²) in [7, 11) is 1.31. The number of rotatable bonds is 7. The zero-order chi connectivity index (χ0) is 23.1. The highest BCUT2D eigenvalue weighted by Gasteiger charge is 2.00. The van der Waals surface area contributed by atoms with Crippen molar-refractivity contribution in [2.75, 3.05) is 13.7 Å². The minimum atomic E-state index is -0.394. The summed E-state index contributed by atoms with van der Waals surface area (Å²) in [6, 6.07) is 0. The monoisotopic (exact) mass is 399 g/mol. The molecule has 6 nitrogen and oxygen atoms in total. The van der Waals surface area contributed by atoms with E-state index in [4.69, 9.17) is 4.74 Å². The third-order valence-corrected chi connectivity index (χ3v) is 1.97. The second-order valence-electron chi connectivity index (χ2n) is 6.08. The number of carbonyl (C=O) groups excluding carboxylic acids is 3. The van der Waals surface area contributed by atoms with Gasteiger partial charge in [0, 0.05) is 17.7 Å². The van der Waals surface area contributed by atoms with Gasteiger partial charge in [-0.05, 0) is 33.1 Å². The van der Waals surface area contributed by atoms with Gasteiger partial charge in [0.25, 0.3) is 0 Å². The Morgan fingerprint density at radius 2 is 1.43 bits per heavy atom. The minimum Gasteiger partial charge on any atom is -0.466 e. The van der Waals surface area contributed by atoms with Crippen LogP contribution in [0.2, 0.25) is 0 Å². The second-order valence-corrected chi connectivity index (χ2v) is 6.08. The molecule has 163 valence electrons. The van der Waals surface area contributed by atoms with Crippen LogP contribution in [0.1, 0.15) is 54.4 Å². The topological polar surface area (TPSA) is 78.9 Å². The first-order chi connectivity index (χ1) is 12.9. The van der Waals surface area contributed by atoms with E-state index in [1.165, 1.54) is 7.11 Å². The summed E-state index contributed by atoms with van der Waals surface area (Å²) in [5, 5.41) is 0. The number of carbonyl (C=O) groups is 3. The quantitative estimate of drug-likeness (QED) is 0.263. The molecule has 0 rings (SSSR count). The molecule has 0 fully saturated rings. The molecule has 0 saturated heterocycles. The number of esters is 3. The van der Waals surface area contributed by atoms with Gasteiger partial charge in [0.05, 0.1) is 19.8 Å². The highest BCUT2D eigenvalue weighted by atomic mass is 16.5. The summed E-state index contributed by atoms with van der Waals surface area (Å²) < 4.78 is 13.6. The molecule has 0 amide bonds. The Morgan fingerprint density at radius 3 is 1.61 bits per heavy atom. The number of unbranched alkanes of at least 4 members (excludes halogenated alkanes) is 1. The van der Waals surface area contributed by atoms with Crippen molar-refractivity contribution in [2.24, 2.45) is 5.92 Å². The van der Waals surface area contributed by atoms with Crippen LogP contribution in [0.4, 0.5) is 0 Å². The van der Waals surface area contributed by atoms with E-state index in [1.54, 1.807) is 20.8 Å². The van der Waals surface area contributed by atoms with E-state index in [-0.39, 0.29) is 18.0 Å². The van der Waals surface area contributed by atoms with Crippen LogP contribution in [0.3, 0.4) is 0 Å². The zero-order valence-corrected chi connectivity index (χ0v) is 18.7. The van der Waals surface area contributed by atoms with E-state index in [0.29, 0.717) is 18.1 Å². The van der Waals surface area contributed by atoms with E-state index < -0.39 is 5.97 Å². The summed E-state index contributed by atoms with van der Waals surface area (Å²) in [6.45, 7) is 25.4. The maximum Gasteiger partial charge on any atom is 0.333 e. The molecule has 0 atom stereocenters. The SMILES string of the molecule is C=C(C)C(=O)OCCCC.C=CC(=O)OC.C=CC(=O)OC(C)C.[CH2]C(C)C. The smallest absolute Gasteiger partial charge is 0.333 e. The van der Waals surface area contributed by atoms with Crippen LogP contribution < -0.4 is 0 Å². The Kier molecular flexibility index (Phi) is 29.2. The number of hydrogen-bond donors (Lipinski definition) is 0. The van der Waals surface area contributed by atoms with Gasteiger partial charge in [-0.15, -0.1) is 0 Å². The molecule has 0 N–H and O–H groups in total. The maximum atomic E-state index is 10.7. The van der Waals surface area contributed by atoms with Crippen molar-refractivity contribution in [3.63, 3.8) is 0 Å². The molecule has 0 aromatic carbocycles. The summed E-state index contributed by atoms with van der Waals surface area (Å²) in [6.07, 6.45) is 4.20. The van der Waals surface area contributed by atoms with Crippen molar-refractivity contribution >= 4 is 17.9 Å². The average Bonchev–Trinajstić information content (AvgIpc) is 2.60. The molecule has 0 spiro atoms. The van der Waals surface area contributed by atoms with Gasteiger partial charge in [-0.2, -0.15) is 0 Å². The van der Waals surface area contributed by atoms with E-state index >= 15 is 0 Å². The van der Waals surface area contributed by atoms with E-state index in [2.05, 4.69) is 56.9 Å². The molecule has 0 aliphatic carbocycles. The summed E-state index contributed by atoms with van der Waals surface area (Å²) in [4.78, 5) is 30.8. The average molecular weight is 400 g/mol. The third-order valence-electron chi connectivity index (χ3n) is 1.97. The van der Waals surface area contributed by atoms with E-state index in [0.717, 1.165) is 25.0 Å². The molecule has 0 aliphatic heterocycles. The van der Waals surface area contributed by atoms with Gasteiger partial charge in [0.1, 0.15) is 0 Å². The first-order valence-corrected chi connectivity index (χ1v) is 9.08. The van der Waals surface area contributed by atoms with Crippen LogP contribution in [0.5, 0.6) is 0 Å². The lowest BCUT2D eigenvalue weighted by Gasteiger charge is -2.02. The first-order valence-electron chi connectivity index (χ1n) is 9.08. The predicted molar refractivity (Wildman–Crippen MR) is 115 cm³/mol. The fourth-order valence-electron chi connectivity index (χ4n) is 0.796. The largest absolute Gasteiger partial charge is 0.466 e. The molecule has 0 saturated carbocycles. The summed E-state index contributed by atoms with van der Waals surface area (Å²) in [5.74, 6) is -0.455. The molecule has 0 aromatic heterocycles. The van der Waals surface area contributed by atoms with Crippen molar-refractivity contribution < 1.29 is 28.6 Å². The van der Waals surface area contributed by atoms with Crippen LogP contribution in [-0.2, 0) is 28.6 Å². The van der Waals surface area contributed by atoms with Gasteiger partial charge >= 0.3 is 17.9 Å². The summed E-state index contributed by atoms with van der Waals surface area (Å²) in [5.41, 5.74) is 0.469. The highest BCUT2D eigenvalue weighted by Crippen LogP contribution is 1.94. The Balaban J connectivity index is -0.000000144. The van der Waals surface area contributed by atoms with Crippen LogP contribution in [0.15, 0.2) is 37.5 Å². The molecular formula is C22H39O6. The molecule has 0 bridgehead atoms. The Labute approximate surface area is 171 Å². The second kappa shape index (κ2) is 24.6. The lowest BCUT2D eigenvalue weighted by atomic mass is 10.3. The van der Waals surface area contributed by atoms with Crippen LogP contribution in [0, 0.1) is 12.8 Å². The Bertz CT molecular complexity index is 447. The summed E-state index contributed by atoms with van der Waals surface area (Å²) >= 11 is 0. The van der Waals surface area contributed by atoms with Crippen LogP contribution >= 0.6 is 0 Å². The molecule has 6 heteroatoms. The molecule has 0 aromatic rings. The lowest BCUT2D eigenvalue weighted by molar-refractivity contribution is -0.141. The van der Waals surface area contributed by atoms with Gasteiger partial charge in [-0.1, -0.05) is 53.9 Å². The van der Waals surface area contributed by atoms with E-state index in [9.17, 15) is 14.4 Å². The molecular weight excluding hydrogens is 360 g/mol. The highest BCUT2D eigenvalue weighted by molar-refractivity contribution is 5.86. The Hall–Kier alpha value is -2.37. The molecule has 0 unspecified atom stereocenters. The molecule has 0 heterocycles. The first kappa shape index (κ1) is 33.2. The van der Waals surface area contributed by atoms with Gasteiger partial charge in [-0.3, -0.25) is 0 Å². The number of methoxy groups -OCH3 is 1. The van der Waals surface area contributed by atoms with E-state index in [1.807, 2.05) is 0 Å². The minimum absolute atomic E-state index is 0.0412. The van der Waals surface area contributed by atoms with Crippen molar-refractivity contribution in [1.82, 2.24) is 0 Å². The number of hydrogen-bond acceptors (Lipinski definition) is 6. The van der Waals surface area contributed by atoms with Crippen molar-refractivity contribution in [3.8, 4) is 0 Å². The van der Waals surface area contributed by atoms with Crippen molar-refractivity contribution in [2.45, 2.75) is 60.5 Å². The molecule has 1 radical (unpaired) electrons. The lowest BCUT2D eigenvalue weighted by Crippen LogP contribution is -2.07. The number of ether oxygens (including phenoxy) is 3. The van der Waals surface area contributed by atoms with Crippen LogP contribution in [-0.4, -0.2) is 37.7 Å². The van der Waals surface area contributed by atoms with Crippen molar-refractivity contribution in [3.05, 3.63) is 44.4 Å². The zero-order valence-electron chi connectivity index (χ0n) is 18.7. The van der Waals surface area contributed by atoms with Gasteiger partial charge in [-0.25, -0.2) is 14.4 Å². The molecule has 0 aliphatic rings. The normalized spacial score (nSPS) is 8.50. The maximum absolute atomic E-state index is 10.7. The van der Waals surface area contributed by atoms with Crippen molar-refractivity contribution in [1.29, 1.82) is 0 Å². The van der Waals surface area contributed by atoms with Gasteiger partial charge in [0.15, 0.2) is 0 Å². The van der Waals surface area contributed by atoms with Gasteiger partial charge in [0.2, 0.25) is 0 Å². The molecule has 28 heavy (non-hydrogen) atoms. The predicted octanol–water partition coefficient (Wildman–Crippen LogP) is 4.85. The van der Waals surface area contributed by atoms with Gasteiger partial charge < -0.3 is 14.2 Å². The Morgan fingerprint density at radius 1 is 1.00 bits per heavy atom.